The maximum atomic E-state index is 12.3. The Morgan fingerprint density at radius 2 is 1.84 bits per heavy atom. The number of amides is 1. The first kappa shape index (κ1) is 14.8. The van der Waals surface area contributed by atoms with Crippen molar-refractivity contribution in [3.8, 4) is 0 Å². The molecule has 3 unspecified atom stereocenters. The van der Waals surface area contributed by atoms with Crippen LogP contribution < -0.4 is 5.32 Å². The number of rotatable bonds is 4. The van der Waals surface area contributed by atoms with Gasteiger partial charge in [-0.05, 0) is 37.0 Å². The molecule has 3 heteroatoms. The molecule has 2 aliphatic rings. The van der Waals surface area contributed by atoms with Crippen molar-refractivity contribution < 1.29 is 9.90 Å². The van der Waals surface area contributed by atoms with Gasteiger partial charge in [0.15, 0.2) is 0 Å². The lowest BCUT2D eigenvalue weighted by Crippen LogP contribution is -2.45. The van der Waals surface area contributed by atoms with E-state index in [0.29, 0.717) is 5.92 Å². The molecule has 4 atom stereocenters. The van der Waals surface area contributed by atoms with Crippen LogP contribution in [0.4, 0.5) is 0 Å². The average Bonchev–Trinajstić information content (AvgIpc) is 2.43. The summed E-state index contributed by atoms with van der Waals surface area (Å²) >= 11 is 0. The van der Waals surface area contributed by atoms with Crippen LogP contribution in [0.5, 0.6) is 0 Å². The van der Waals surface area contributed by atoms with E-state index >= 15 is 0 Å². The second-order valence-electron chi connectivity index (χ2n) is 6.86. The molecule has 2 N–H and O–H groups in total. The van der Waals surface area contributed by atoms with E-state index in [-0.39, 0.29) is 24.5 Å². The first-order valence-corrected chi connectivity index (χ1v) is 8.03. The van der Waals surface area contributed by atoms with E-state index in [1.807, 2.05) is 13.8 Å². The fraction of sp³-hybridized carbons (Fsp3) is 0.938. The van der Waals surface area contributed by atoms with Gasteiger partial charge in [-0.25, -0.2) is 0 Å². The highest BCUT2D eigenvalue weighted by atomic mass is 16.3. The van der Waals surface area contributed by atoms with Crippen LogP contribution in [0.1, 0.15) is 58.8 Å². The fourth-order valence-electron chi connectivity index (χ4n) is 3.84. The molecule has 0 radical (unpaired) electrons. The van der Waals surface area contributed by atoms with E-state index in [4.69, 9.17) is 0 Å². The third-order valence-electron chi connectivity index (χ3n) is 5.24. The van der Waals surface area contributed by atoms with E-state index in [0.717, 1.165) is 24.7 Å². The van der Waals surface area contributed by atoms with Gasteiger partial charge in [-0.3, -0.25) is 4.79 Å². The highest BCUT2D eigenvalue weighted by molar-refractivity contribution is 5.79. The predicted molar refractivity (Wildman–Crippen MR) is 76.6 cm³/mol. The van der Waals surface area contributed by atoms with Gasteiger partial charge in [0.2, 0.25) is 5.91 Å². The van der Waals surface area contributed by atoms with Crippen LogP contribution >= 0.6 is 0 Å². The molecule has 0 aromatic rings. The Bertz CT molecular complexity index is 303. The summed E-state index contributed by atoms with van der Waals surface area (Å²) < 4.78 is 0. The summed E-state index contributed by atoms with van der Waals surface area (Å²) in [5.41, 5.74) is 0. The highest BCUT2D eigenvalue weighted by Crippen LogP contribution is 2.42. The predicted octanol–water partition coefficient (Wildman–Crippen LogP) is 2.73. The van der Waals surface area contributed by atoms with Gasteiger partial charge in [-0.1, -0.05) is 39.5 Å². The first-order valence-electron chi connectivity index (χ1n) is 8.03. The van der Waals surface area contributed by atoms with Gasteiger partial charge in [0, 0.05) is 5.92 Å². The molecule has 3 nitrogen and oxygen atoms in total. The van der Waals surface area contributed by atoms with Crippen molar-refractivity contribution in [1.29, 1.82) is 0 Å². The summed E-state index contributed by atoms with van der Waals surface area (Å²) in [5.74, 6) is 2.32. The second kappa shape index (κ2) is 6.74. The molecule has 0 spiro atoms. The number of nitrogens with one attached hydrogen (secondary N) is 1. The Balaban J connectivity index is 1.86. The Morgan fingerprint density at radius 3 is 2.47 bits per heavy atom. The molecule has 19 heavy (non-hydrogen) atoms. The SMILES string of the molecule is CC(C)[C@@H](CO)NC(=O)C1CCC2CCCCC2C1. The van der Waals surface area contributed by atoms with Crippen molar-refractivity contribution in [2.75, 3.05) is 6.61 Å². The van der Waals surface area contributed by atoms with Crippen LogP contribution in [0.2, 0.25) is 0 Å². The van der Waals surface area contributed by atoms with E-state index < -0.39 is 0 Å². The van der Waals surface area contributed by atoms with Crippen LogP contribution in [0, 0.1) is 23.7 Å². The quantitative estimate of drug-likeness (QED) is 0.823. The molecule has 0 heterocycles. The number of hydrogen-bond donors (Lipinski definition) is 2. The second-order valence-corrected chi connectivity index (χ2v) is 6.86. The summed E-state index contributed by atoms with van der Waals surface area (Å²) in [4.78, 5) is 12.3. The molecule has 0 bridgehead atoms. The van der Waals surface area contributed by atoms with Gasteiger partial charge in [-0.2, -0.15) is 0 Å². The molecule has 2 saturated carbocycles. The standard InChI is InChI=1S/C16H29NO2/c1-11(2)15(10-18)17-16(19)14-8-7-12-5-3-4-6-13(12)9-14/h11-15,18H,3-10H2,1-2H3,(H,17,19)/t12?,13?,14?,15-/m1/s1. The van der Waals surface area contributed by atoms with Crippen LogP contribution in [-0.2, 0) is 4.79 Å². The van der Waals surface area contributed by atoms with Gasteiger partial charge in [0.25, 0.3) is 0 Å². The van der Waals surface area contributed by atoms with Crippen LogP contribution in [0.25, 0.3) is 0 Å². The minimum Gasteiger partial charge on any atom is -0.394 e. The molecular formula is C16H29NO2. The maximum absolute atomic E-state index is 12.3. The van der Waals surface area contributed by atoms with Gasteiger partial charge in [0.1, 0.15) is 0 Å². The smallest absolute Gasteiger partial charge is 0.223 e. The molecule has 2 rings (SSSR count). The molecule has 0 aromatic carbocycles. The minimum absolute atomic E-state index is 0.0438. The number of aliphatic hydroxyl groups excluding tert-OH is 1. The fourth-order valence-corrected chi connectivity index (χ4v) is 3.84. The topological polar surface area (TPSA) is 49.3 Å². The van der Waals surface area contributed by atoms with Crippen molar-refractivity contribution in [3.63, 3.8) is 0 Å². The van der Waals surface area contributed by atoms with Crippen LogP contribution in [0.3, 0.4) is 0 Å². The van der Waals surface area contributed by atoms with Crippen LogP contribution in [-0.4, -0.2) is 23.7 Å². The Hall–Kier alpha value is -0.570. The number of carbonyl (C=O) groups is 1. The zero-order valence-electron chi connectivity index (χ0n) is 12.4. The van der Waals surface area contributed by atoms with Crippen molar-refractivity contribution >= 4 is 5.91 Å². The Labute approximate surface area is 117 Å². The van der Waals surface area contributed by atoms with Crippen molar-refractivity contribution in [2.24, 2.45) is 23.7 Å². The lowest BCUT2D eigenvalue weighted by atomic mass is 9.67. The number of carbonyl (C=O) groups excluding carboxylic acids is 1. The molecule has 2 aliphatic carbocycles. The van der Waals surface area contributed by atoms with E-state index in [9.17, 15) is 9.90 Å². The van der Waals surface area contributed by atoms with Crippen LogP contribution in [0.15, 0.2) is 0 Å². The number of aliphatic hydroxyl groups is 1. The molecule has 110 valence electrons. The minimum atomic E-state index is -0.0865. The zero-order valence-corrected chi connectivity index (χ0v) is 12.4. The van der Waals surface area contributed by atoms with Gasteiger partial charge < -0.3 is 10.4 Å². The van der Waals surface area contributed by atoms with Crippen molar-refractivity contribution in [2.45, 2.75) is 64.8 Å². The van der Waals surface area contributed by atoms with E-state index in [1.54, 1.807) is 0 Å². The third-order valence-corrected chi connectivity index (χ3v) is 5.24. The number of fused-ring (bicyclic) bond motifs is 1. The van der Waals surface area contributed by atoms with Gasteiger partial charge >= 0.3 is 0 Å². The highest BCUT2D eigenvalue weighted by Gasteiger charge is 2.35. The lowest BCUT2D eigenvalue weighted by molar-refractivity contribution is -0.128. The lowest BCUT2D eigenvalue weighted by Gasteiger charge is -2.39. The summed E-state index contributed by atoms with van der Waals surface area (Å²) in [6.07, 6.45) is 8.79. The average molecular weight is 267 g/mol. The van der Waals surface area contributed by atoms with Gasteiger partial charge in [0.05, 0.1) is 12.6 Å². The molecule has 0 aliphatic heterocycles. The van der Waals surface area contributed by atoms with E-state index in [2.05, 4.69) is 5.32 Å². The van der Waals surface area contributed by atoms with E-state index in [1.165, 1.54) is 32.1 Å². The first-order chi connectivity index (χ1) is 9.11. The molecular weight excluding hydrogens is 238 g/mol. The summed E-state index contributed by atoms with van der Waals surface area (Å²) in [7, 11) is 0. The van der Waals surface area contributed by atoms with Crippen molar-refractivity contribution in [1.82, 2.24) is 5.32 Å². The zero-order chi connectivity index (χ0) is 13.8. The largest absolute Gasteiger partial charge is 0.394 e. The van der Waals surface area contributed by atoms with Gasteiger partial charge in [-0.15, -0.1) is 0 Å². The maximum Gasteiger partial charge on any atom is 0.223 e. The third kappa shape index (κ3) is 3.71. The normalized spacial score (nSPS) is 32.7. The summed E-state index contributed by atoms with van der Waals surface area (Å²) in [5, 5.41) is 12.4. The molecule has 1 amide bonds. The molecule has 0 saturated heterocycles. The Morgan fingerprint density at radius 1 is 1.16 bits per heavy atom. The molecule has 2 fully saturated rings. The van der Waals surface area contributed by atoms with Crippen molar-refractivity contribution in [3.05, 3.63) is 0 Å². The summed E-state index contributed by atoms with van der Waals surface area (Å²) in [6.45, 7) is 4.13. The monoisotopic (exact) mass is 267 g/mol. The number of hydrogen-bond acceptors (Lipinski definition) is 2. The Kier molecular flexibility index (Phi) is 5.26. The summed E-state index contributed by atoms with van der Waals surface area (Å²) in [6, 6.07) is -0.0865. The molecule has 0 aromatic heterocycles.